The molecule has 0 heterocycles. The van der Waals surface area contributed by atoms with Crippen LogP contribution in [0.5, 0.6) is 5.75 Å². The third-order valence-corrected chi connectivity index (χ3v) is 2.98. The molecule has 3 heteroatoms. The van der Waals surface area contributed by atoms with Gasteiger partial charge in [-0.15, -0.1) is 0 Å². The Morgan fingerprint density at radius 1 is 0.905 bits per heavy atom. The first-order valence-corrected chi connectivity index (χ1v) is 6.51. The Labute approximate surface area is 139 Å². The largest absolute Gasteiger partial charge is 2.00 e. The quantitative estimate of drug-likeness (QED) is 0.867. The fourth-order valence-electron chi connectivity index (χ4n) is 1.95. The molecule has 1 N–H and O–H groups in total. The zero-order valence-corrected chi connectivity index (χ0v) is 12.9. The van der Waals surface area contributed by atoms with Gasteiger partial charge in [-0.1, -0.05) is 12.1 Å². The minimum atomic E-state index is 0. The second-order valence-electron chi connectivity index (χ2n) is 4.33. The van der Waals surface area contributed by atoms with Crippen LogP contribution in [0.3, 0.4) is 0 Å². The molecule has 2 nitrogen and oxygen atoms in total. The van der Waals surface area contributed by atoms with Crippen LogP contribution in [0, 0.1) is 63.7 Å². The van der Waals surface area contributed by atoms with Gasteiger partial charge in [0.05, 0.1) is 13.7 Å². The van der Waals surface area contributed by atoms with Crippen LogP contribution in [0.25, 0.3) is 0 Å². The van der Waals surface area contributed by atoms with Gasteiger partial charge < -0.3 is 9.84 Å². The molecule has 21 heavy (non-hydrogen) atoms. The van der Waals surface area contributed by atoms with Gasteiger partial charge in [0.25, 0.3) is 0 Å². The van der Waals surface area contributed by atoms with E-state index >= 15 is 0 Å². The van der Waals surface area contributed by atoms with Crippen LogP contribution >= 0.6 is 0 Å². The van der Waals surface area contributed by atoms with Crippen LogP contribution in [-0.4, -0.2) is 12.2 Å². The van der Waals surface area contributed by atoms with Crippen molar-refractivity contribution in [3.8, 4) is 5.75 Å². The van der Waals surface area contributed by atoms with E-state index in [-0.39, 0.29) is 23.7 Å². The van der Waals surface area contributed by atoms with Crippen LogP contribution in [0.1, 0.15) is 11.1 Å². The number of aliphatic hydroxyl groups is 1. The smallest absolute Gasteiger partial charge is 0.496 e. The van der Waals surface area contributed by atoms with Crippen molar-refractivity contribution in [3.05, 3.63) is 93.0 Å². The second-order valence-corrected chi connectivity index (χ2v) is 4.33. The third-order valence-electron chi connectivity index (χ3n) is 2.98. The van der Waals surface area contributed by atoms with E-state index in [4.69, 9.17) is 9.84 Å². The molecule has 2 aliphatic rings. The third kappa shape index (κ3) is 5.65. The molecule has 10 radical (unpaired) electrons. The van der Waals surface area contributed by atoms with E-state index in [0.717, 1.165) is 22.8 Å². The number of hydrogen-bond acceptors (Lipinski definition) is 2. The molecule has 0 amide bonds. The van der Waals surface area contributed by atoms with Gasteiger partial charge in [0.15, 0.2) is 0 Å². The van der Waals surface area contributed by atoms with Crippen molar-refractivity contribution >= 4 is 0 Å². The molecule has 0 aliphatic heterocycles. The summed E-state index contributed by atoms with van der Waals surface area (Å²) in [6, 6.07) is 5.74. The van der Waals surface area contributed by atoms with Gasteiger partial charge in [-0.25, -0.2) is 0 Å². The molecule has 1 aromatic rings. The van der Waals surface area contributed by atoms with E-state index in [1.165, 1.54) is 0 Å². The Hall–Kier alpha value is -0.501. The van der Waals surface area contributed by atoms with Gasteiger partial charge in [0, 0.05) is 11.5 Å². The summed E-state index contributed by atoms with van der Waals surface area (Å²) in [5, 5.41) is 9.02. The van der Waals surface area contributed by atoms with Crippen LogP contribution < -0.4 is 4.74 Å². The zero-order valence-electron chi connectivity index (χ0n) is 11.8. The zero-order chi connectivity index (χ0) is 14.2. The molecule has 0 aromatic heterocycles. The number of benzene rings is 1. The summed E-state index contributed by atoms with van der Waals surface area (Å²) >= 11 is 0. The van der Waals surface area contributed by atoms with E-state index in [2.05, 4.69) is 0 Å². The van der Waals surface area contributed by atoms with E-state index in [1.54, 1.807) is 7.11 Å². The van der Waals surface area contributed by atoms with Crippen LogP contribution in [0.2, 0.25) is 0 Å². The van der Waals surface area contributed by atoms with Crippen molar-refractivity contribution in [2.24, 2.45) is 0 Å². The number of ether oxygens (including phenoxy) is 1. The van der Waals surface area contributed by atoms with Crippen LogP contribution in [0.15, 0.2) is 18.2 Å². The van der Waals surface area contributed by atoms with Crippen LogP contribution in [-0.2, 0) is 23.7 Å². The first-order valence-electron chi connectivity index (χ1n) is 6.51. The molecular weight excluding hydrogens is 304 g/mol. The number of rotatable bonds is 3. The topological polar surface area (TPSA) is 29.5 Å². The minimum absolute atomic E-state index is 0. The number of aliphatic hydroxyl groups excluding tert-OH is 1. The summed E-state index contributed by atoms with van der Waals surface area (Å²) in [5.74, 6) is 1.93. The van der Waals surface area contributed by atoms with Gasteiger partial charge in [-0.2, -0.15) is 0 Å². The molecule has 0 saturated heterocycles. The maximum atomic E-state index is 9.02. The Balaban J connectivity index is 0.000000313. The van der Waals surface area contributed by atoms with Gasteiger partial charge >= 0.3 is 17.1 Å². The first kappa shape index (κ1) is 18.5. The number of hydrogen-bond donors (Lipinski definition) is 1. The Morgan fingerprint density at radius 3 is 1.95 bits per heavy atom. The molecule has 3 rings (SSSR count). The predicted octanol–water partition coefficient (Wildman–Crippen LogP) is 2.96. The first-order chi connectivity index (χ1) is 9.85. The van der Waals surface area contributed by atoms with E-state index < -0.39 is 0 Å². The maximum absolute atomic E-state index is 9.02. The minimum Gasteiger partial charge on any atom is -0.496 e. The molecule has 2 fully saturated rings. The fourth-order valence-corrected chi connectivity index (χ4v) is 1.95. The second kappa shape index (κ2) is 10.3. The standard InChI is InChI=1S/C13H13O2.C5H5.Fe/c1-15-13-8-10(9-14)6-7-12(13)11-4-2-3-5-11;1-2-4-5-3-1;/h2-8,14H,9H2,1H3;1-5H;/q;;+2. The monoisotopic (exact) mass is 322 g/mol. The van der Waals surface area contributed by atoms with Gasteiger partial charge in [-0.3, -0.25) is 0 Å². The molecule has 2 aliphatic carbocycles. The number of methoxy groups -OCH3 is 1. The molecule has 0 spiro atoms. The summed E-state index contributed by atoms with van der Waals surface area (Å²) in [7, 11) is 1.64. The fraction of sp³-hybridized carbons (Fsp3) is 0.111. The SMILES string of the molecule is COc1cc(CO)ccc1[C]1[CH][CH][CH][CH]1.[CH]1[CH][CH][CH][CH]1.[Fe+2]. The summed E-state index contributed by atoms with van der Waals surface area (Å²) in [6.07, 6.45) is 18.1. The Kier molecular flexibility index (Phi) is 9.06. The van der Waals surface area contributed by atoms with Crippen molar-refractivity contribution in [2.75, 3.05) is 7.11 Å². The molecule has 0 unspecified atom stereocenters. The van der Waals surface area contributed by atoms with Gasteiger partial charge in [-0.05, 0) is 69.4 Å². The molecule has 108 valence electrons. The van der Waals surface area contributed by atoms with Gasteiger partial charge in [0.1, 0.15) is 5.75 Å². The average molecular weight is 322 g/mol. The van der Waals surface area contributed by atoms with Gasteiger partial charge in [0.2, 0.25) is 0 Å². The average Bonchev–Trinajstić information content (AvgIpc) is 3.21. The normalized spacial score (nSPS) is 17.8. The summed E-state index contributed by atoms with van der Waals surface area (Å²) < 4.78 is 5.30. The molecule has 2 saturated carbocycles. The molecule has 0 atom stereocenters. The van der Waals surface area contributed by atoms with E-state index in [0.29, 0.717) is 0 Å². The van der Waals surface area contributed by atoms with E-state index in [1.807, 2.05) is 76.0 Å². The molecule has 0 bridgehead atoms. The van der Waals surface area contributed by atoms with E-state index in [9.17, 15) is 0 Å². The predicted molar refractivity (Wildman–Crippen MR) is 80.0 cm³/mol. The van der Waals surface area contributed by atoms with Crippen molar-refractivity contribution in [1.82, 2.24) is 0 Å². The van der Waals surface area contributed by atoms with Crippen molar-refractivity contribution in [2.45, 2.75) is 6.61 Å². The molecule has 1 aromatic carbocycles. The Morgan fingerprint density at radius 2 is 1.48 bits per heavy atom. The summed E-state index contributed by atoms with van der Waals surface area (Å²) in [5.41, 5.74) is 1.92. The summed E-state index contributed by atoms with van der Waals surface area (Å²) in [6.45, 7) is 0.0393. The maximum Gasteiger partial charge on any atom is 2.00 e. The Bertz CT molecular complexity index is 389. The van der Waals surface area contributed by atoms with Crippen molar-refractivity contribution in [1.29, 1.82) is 0 Å². The van der Waals surface area contributed by atoms with Crippen molar-refractivity contribution in [3.63, 3.8) is 0 Å². The van der Waals surface area contributed by atoms with Crippen molar-refractivity contribution < 1.29 is 26.9 Å². The molecular formula is C18H18FeO2+2. The summed E-state index contributed by atoms with van der Waals surface area (Å²) in [4.78, 5) is 0. The van der Waals surface area contributed by atoms with Crippen LogP contribution in [0.4, 0.5) is 0 Å².